The molecule has 19 heavy (non-hydrogen) atoms. The summed E-state index contributed by atoms with van der Waals surface area (Å²) < 4.78 is 0. The van der Waals surface area contributed by atoms with E-state index in [9.17, 15) is 4.79 Å². The maximum atomic E-state index is 11.7. The number of aromatic hydroxyl groups is 1. The van der Waals surface area contributed by atoms with Gasteiger partial charge in [0.2, 0.25) is 0 Å². The molecule has 0 heterocycles. The van der Waals surface area contributed by atoms with Crippen LogP contribution in [0.4, 0.5) is 0 Å². The molecule has 1 rings (SSSR count). The van der Waals surface area contributed by atoms with Crippen LogP contribution in [0.2, 0.25) is 0 Å². The Labute approximate surface area is 113 Å². The summed E-state index contributed by atoms with van der Waals surface area (Å²) in [5.41, 5.74) is 5.89. The Balaban J connectivity index is 2.06. The SMILES string of the molecule is NCCNCCNCCNC(=O)c1ccc(O)cc1. The first-order valence-corrected chi connectivity index (χ1v) is 6.43. The highest BCUT2D eigenvalue weighted by molar-refractivity contribution is 5.94. The molecule has 6 nitrogen and oxygen atoms in total. The van der Waals surface area contributed by atoms with Gasteiger partial charge >= 0.3 is 0 Å². The number of carbonyl (C=O) groups excluding carboxylic acids is 1. The molecule has 1 aromatic carbocycles. The minimum absolute atomic E-state index is 0.136. The van der Waals surface area contributed by atoms with Crippen molar-refractivity contribution in [1.82, 2.24) is 16.0 Å². The lowest BCUT2D eigenvalue weighted by molar-refractivity contribution is 0.0954. The van der Waals surface area contributed by atoms with Crippen LogP contribution in [0.15, 0.2) is 24.3 Å². The molecule has 1 aromatic rings. The van der Waals surface area contributed by atoms with Crippen molar-refractivity contribution in [2.24, 2.45) is 5.73 Å². The fourth-order valence-corrected chi connectivity index (χ4v) is 1.51. The molecule has 0 saturated carbocycles. The number of rotatable bonds is 9. The van der Waals surface area contributed by atoms with Crippen LogP contribution in [-0.2, 0) is 0 Å². The first kappa shape index (κ1) is 15.4. The van der Waals surface area contributed by atoms with Crippen LogP contribution in [0.5, 0.6) is 5.75 Å². The van der Waals surface area contributed by atoms with E-state index in [-0.39, 0.29) is 11.7 Å². The van der Waals surface area contributed by atoms with E-state index in [0.717, 1.165) is 19.6 Å². The monoisotopic (exact) mass is 266 g/mol. The molecule has 106 valence electrons. The molecule has 0 bridgehead atoms. The summed E-state index contributed by atoms with van der Waals surface area (Å²) in [4.78, 5) is 11.7. The number of nitrogens with two attached hydrogens (primary N) is 1. The molecule has 6 N–H and O–H groups in total. The highest BCUT2D eigenvalue weighted by atomic mass is 16.3. The second-order valence-electron chi connectivity index (χ2n) is 4.09. The topological polar surface area (TPSA) is 99.4 Å². The van der Waals surface area contributed by atoms with Gasteiger partial charge in [-0.15, -0.1) is 0 Å². The zero-order valence-electron chi connectivity index (χ0n) is 11.0. The largest absolute Gasteiger partial charge is 0.508 e. The van der Waals surface area contributed by atoms with Gasteiger partial charge in [0, 0.05) is 44.8 Å². The number of hydrogen-bond acceptors (Lipinski definition) is 5. The van der Waals surface area contributed by atoms with Gasteiger partial charge in [-0.2, -0.15) is 0 Å². The number of hydrogen-bond donors (Lipinski definition) is 5. The summed E-state index contributed by atoms with van der Waals surface area (Å²) in [7, 11) is 0. The average molecular weight is 266 g/mol. The van der Waals surface area contributed by atoms with E-state index >= 15 is 0 Å². The van der Waals surface area contributed by atoms with E-state index in [1.165, 1.54) is 12.1 Å². The van der Waals surface area contributed by atoms with Crippen molar-refractivity contribution in [2.45, 2.75) is 0 Å². The molecule has 6 heteroatoms. The third kappa shape index (κ3) is 6.76. The van der Waals surface area contributed by atoms with Crippen LogP contribution in [0, 0.1) is 0 Å². The lowest BCUT2D eigenvalue weighted by Gasteiger charge is -2.07. The summed E-state index contributed by atoms with van der Waals surface area (Å²) in [6.45, 7) is 4.45. The van der Waals surface area contributed by atoms with Crippen molar-refractivity contribution in [3.63, 3.8) is 0 Å². The summed E-state index contributed by atoms with van der Waals surface area (Å²) in [6.07, 6.45) is 0. The van der Waals surface area contributed by atoms with Gasteiger partial charge in [-0.25, -0.2) is 0 Å². The second-order valence-corrected chi connectivity index (χ2v) is 4.09. The van der Waals surface area contributed by atoms with Crippen molar-refractivity contribution in [2.75, 3.05) is 39.3 Å². The number of phenolic OH excluding ortho intramolecular Hbond substituents is 1. The number of nitrogens with one attached hydrogen (secondary N) is 3. The van der Waals surface area contributed by atoms with E-state index in [1.54, 1.807) is 12.1 Å². The first-order valence-electron chi connectivity index (χ1n) is 6.43. The third-order valence-electron chi connectivity index (χ3n) is 2.52. The summed E-state index contributed by atoms with van der Waals surface area (Å²) in [5.74, 6) is 0.0197. The Morgan fingerprint density at radius 1 is 1.00 bits per heavy atom. The molecule has 0 spiro atoms. The minimum Gasteiger partial charge on any atom is -0.508 e. The zero-order valence-corrected chi connectivity index (χ0v) is 11.0. The smallest absolute Gasteiger partial charge is 0.251 e. The van der Waals surface area contributed by atoms with Crippen LogP contribution < -0.4 is 21.7 Å². The van der Waals surface area contributed by atoms with Crippen LogP contribution in [-0.4, -0.2) is 50.3 Å². The van der Waals surface area contributed by atoms with Gasteiger partial charge in [0.15, 0.2) is 0 Å². The number of amides is 1. The van der Waals surface area contributed by atoms with Gasteiger partial charge in [-0.1, -0.05) is 0 Å². The van der Waals surface area contributed by atoms with Gasteiger partial charge in [-0.3, -0.25) is 4.79 Å². The molecular formula is C13H22N4O2. The zero-order chi connectivity index (χ0) is 13.9. The number of benzene rings is 1. The van der Waals surface area contributed by atoms with Crippen molar-refractivity contribution < 1.29 is 9.90 Å². The van der Waals surface area contributed by atoms with Crippen molar-refractivity contribution in [3.8, 4) is 5.75 Å². The highest BCUT2D eigenvalue weighted by Gasteiger charge is 2.03. The highest BCUT2D eigenvalue weighted by Crippen LogP contribution is 2.08. The molecular weight excluding hydrogens is 244 g/mol. The van der Waals surface area contributed by atoms with Crippen LogP contribution in [0.1, 0.15) is 10.4 Å². The van der Waals surface area contributed by atoms with Crippen molar-refractivity contribution >= 4 is 5.91 Å². The molecule has 0 saturated heterocycles. The Hall–Kier alpha value is -1.63. The molecule has 0 aliphatic carbocycles. The molecule has 0 aliphatic heterocycles. The van der Waals surface area contributed by atoms with Gasteiger partial charge in [0.05, 0.1) is 0 Å². The maximum absolute atomic E-state index is 11.7. The van der Waals surface area contributed by atoms with Crippen molar-refractivity contribution in [3.05, 3.63) is 29.8 Å². The quantitative estimate of drug-likeness (QED) is 0.379. The lowest BCUT2D eigenvalue weighted by Crippen LogP contribution is -2.35. The van der Waals surface area contributed by atoms with E-state index in [2.05, 4.69) is 16.0 Å². The van der Waals surface area contributed by atoms with E-state index < -0.39 is 0 Å². The van der Waals surface area contributed by atoms with Crippen molar-refractivity contribution in [1.29, 1.82) is 0 Å². The van der Waals surface area contributed by atoms with E-state index in [0.29, 0.717) is 25.2 Å². The minimum atomic E-state index is -0.136. The maximum Gasteiger partial charge on any atom is 0.251 e. The molecule has 0 aliphatic rings. The molecule has 0 atom stereocenters. The van der Waals surface area contributed by atoms with Crippen LogP contribution in [0.3, 0.4) is 0 Å². The molecule has 0 aromatic heterocycles. The van der Waals surface area contributed by atoms with E-state index in [1.807, 2.05) is 0 Å². The Morgan fingerprint density at radius 2 is 1.58 bits per heavy atom. The normalized spacial score (nSPS) is 10.4. The molecule has 1 amide bonds. The van der Waals surface area contributed by atoms with Gasteiger partial charge < -0.3 is 26.8 Å². The summed E-state index contributed by atoms with van der Waals surface area (Å²) >= 11 is 0. The predicted molar refractivity (Wildman–Crippen MR) is 75.2 cm³/mol. The van der Waals surface area contributed by atoms with E-state index in [4.69, 9.17) is 10.8 Å². The Bertz CT molecular complexity index is 367. The predicted octanol–water partition coefficient (Wildman–Crippen LogP) is -0.740. The Morgan fingerprint density at radius 3 is 2.21 bits per heavy atom. The molecule has 0 fully saturated rings. The third-order valence-corrected chi connectivity index (χ3v) is 2.52. The molecule has 0 radical (unpaired) electrons. The Kier molecular flexibility index (Phi) is 7.57. The second kappa shape index (κ2) is 9.32. The standard InChI is InChI=1S/C13H22N4O2/c14-5-6-15-7-8-16-9-10-17-13(19)11-1-3-12(18)4-2-11/h1-4,15-16,18H,5-10,14H2,(H,17,19). The molecule has 0 unspecified atom stereocenters. The van der Waals surface area contributed by atoms with Crippen LogP contribution in [0.25, 0.3) is 0 Å². The lowest BCUT2D eigenvalue weighted by atomic mass is 10.2. The fourth-order valence-electron chi connectivity index (χ4n) is 1.51. The fraction of sp³-hybridized carbons (Fsp3) is 0.462. The van der Waals surface area contributed by atoms with Gasteiger partial charge in [0.25, 0.3) is 5.91 Å². The number of carbonyl (C=O) groups is 1. The van der Waals surface area contributed by atoms with Gasteiger partial charge in [0.1, 0.15) is 5.75 Å². The first-order chi connectivity index (χ1) is 9.24. The van der Waals surface area contributed by atoms with Gasteiger partial charge in [-0.05, 0) is 24.3 Å². The average Bonchev–Trinajstić information content (AvgIpc) is 2.42. The van der Waals surface area contributed by atoms with Crippen LogP contribution >= 0.6 is 0 Å². The summed E-state index contributed by atoms with van der Waals surface area (Å²) in [6, 6.07) is 6.18. The number of phenols is 1. The summed E-state index contributed by atoms with van der Waals surface area (Å²) in [5, 5.41) is 18.3.